The lowest BCUT2D eigenvalue weighted by Crippen LogP contribution is -2.29. The highest BCUT2D eigenvalue weighted by molar-refractivity contribution is 9.10. The second-order valence-corrected chi connectivity index (χ2v) is 9.91. The average Bonchev–Trinajstić information content (AvgIpc) is 3.18. The molecule has 2 aliphatic rings. The minimum Gasteiger partial charge on any atom is -0.493 e. The number of halogens is 1. The van der Waals surface area contributed by atoms with Crippen LogP contribution < -0.4 is 14.8 Å². The Labute approximate surface area is 224 Å². The third kappa shape index (κ3) is 4.33. The molecule has 3 aromatic carbocycles. The highest BCUT2D eigenvalue weighted by Crippen LogP contribution is 2.49. The normalized spacial score (nSPS) is 16.2. The van der Waals surface area contributed by atoms with Gasteiger partial charge >= 0.3 is 5.97 Å². The maximum absolute atomic E-state index is 13.6. The van der Waals surface area contributed by atoms with Crippen LogP contribution in [-0.2, 0) is 16.1 Å². The first-order valence-electron chi connectivity index (χ1n) is 11.8. The van der Waals surface area contributed by atoms with Gasteiger partial charge in [0.25, 0.3) is 0 Å². The molecule has 0 aromatic heterocycles. The van der Waals surface area contributed by atoms with E-state index in [-0.39, 0.29) is 5.78 Å². The number of benzene rings is 3. The van der Waals surface area contributed by atoms with E-state index in [1.54, 1.807) is 13.2 Å². The number of carbonyl (C=O) groups excluding carboxylic acids is 2. The van der Waals surface area contributed by atoms with Crippen molar-refractivity contribution in [3.8, 4) is 11.5 Å². The number of carbonyl (C=O) groups is 2. The zero-order valence-corrected chi connectivity index (χ0v) is 22.6. The second kappa shape index (κ2) is 9.90. The SMILES string of the molecule is COC(=O)C1=C(C)NC2=C(C(=O)c3ccccc32)[C@@H]1c1cc(Br)c(OCc2ccc(C)cc2)c(OC)c1. The van der Waals surface area contributed by atoms with E-state index in [0.717, 1.165) is 11.1 Å². The molecule has 0 spiro atoms. The summed E-state index contributed by atoms with van der Waals surface area (Å²) in [5, 5.41) is 3.30. The van der Waals surface area contributed by atoms with Crippen LogP contribution in [0, 0.1) is 6.92 Å². The number of ketones is 1. The predicted molar refractivity (Wildman–Crippen MR) is 144 cm³/mol. The van der Waals surface area contributed by atoms with E-state index in [9.17, 15) is 9.59 Å². The highest BCUT2D eigenvalue weighted by Gasteiger charge is 2.43. The first-order chi connectivity index (χ1) is 17.8. The van der Waals surface area contributed by atoms with Gasteiger partial charge in [-0.1, -0.05) is 54.1 Å². The van der Waals surface area contributed by atoms with Crippen molar-refractivity contribution in [2.45, 2.75) is 26.4 Å². The number of hydrogen-bond acceptors (Lipinski definition) is 6. The van der Waals surface area contributed by atoms with Gasteiger partial charge in [-0.05, 0) is 53.0 Å². The molecule has 37 heavy (non-hydrogen) atoms. The van der Waals surface area contributed by atoms with Crippen LogP contribution in [0.25, 0.3) is 5.70 Å². The Hall–Kier alpha value is -3.84. The van der Waals surface area contributed by atoms with Crippen LogP contribution in [0.2, 0.25) is 0 Å². The smallest absolute Gasteiger partial charge is 0.336 e. The zero-order chi connectivity index (χ0) is 26.3. The number of rotatable bonds is 6. The minimum atomic E-state index is -0.653. The molecule has 1 aliphatic carbocycles. The predicted octanol–water partition coefficient (Wildman–Crippen LogP) is 6.09. The maximum Gasteiger partial charge on any atom is 0.336 e. The van der Waals surface area contributed by atoms with Crippen LogP contribution in [0.15, 0.2) is 82.0 Å². The third-order valence-electron chi connectivity index (χ3n) is 6.74. The lowest BCUT2D eigenvalue weighted by molar-refractivity contribution is -0.136. The van der Waals surface area contributed by atoms with Crippen LogP contribution >= 0.6 is 15.9 Å². The van der Waals surface area contributed by atoms with Crippen LogP contribution in [0.5, 0.6) is 11.5 Å². The third-order valence-corrected chi connectivity index (χ3v) is 7.33. The first-order valence-corrected chi connectivity index (χ1v) is 12.6. The van der Waals surface area contributed by atoms with Crippen LogP contribution in [0.1, 0.15) is 45.5 Å². The summed E-state index contributed by atoms with van der Waals surface area (Å²) in [5.74, 6) is -0.245. The van der Waals surface area contributed by atoms with Gasteiger partial charge < -0.3 is 19.5 Å². The molecule has 1 N–H and O–H groups in total. The molecule has 0 amide bonds. The topological polar surface area (TPSA) is 73.9 Å². The molecule has 0 fully saturated rings. The van der Waals surface area contributed by atoms with Gasteiger partial charge in [0.15, 0.2) is 17.3 Å². The highest BCUT2D eigenvalue weighted by atomic mass is 79.9. The number of ether oxygens (including phenoxy) is 3. The largest absolute Gasteiger partial charge is 0.493 e. The number of fused-ring (bicyclic) bond motifs is 2. The van der Waals surface area contributed by atoms with Crippen LogP contribution in [-0.4, -0.2) is 26.0 Å². The van der Waals surface area contributed by atoms with Gasteiger partial charge in [0.05, 0.1) is 30.0 Å². The Kier molecular flexibility index (Phi) is 6.65. The minimum absolute atomic E-state index is 0.119. The molecule has 6 nitrogen and oxygen atoms in total. The molecule has 0 saturated carbocycles. The van der Waals surface area contributed by atoms with Crippen molar-refractivity contribution in [1.29, 1.82) is 0 Å². The Bertz CT molecular complexity index is 1490. The average molecular weight is 560 g/mol. The Balaban J connectivity index is 1.60. The summed E-state index contributed by atoms with van der Waals surface area (Å²) in [7, 11) is 2.91. The molecule has 0 unspecified atom stereocenters. The molecule has 1 aliphatic heterocycles. The van der Waals surface area contributed by atoms with E-state index in [0.29, 0.717) is 56.2 Å². The molecule has 0 bridgehead atoms. The fraction of sp³-hybridized carbons (Fsp3) is 0.200. The number of Topliss-reactive ketones (excluding diaryl/α,β-unsaturated/α-hetero) is 1. The standard InChI is InChI=1S/C30H26BrNO5/c1-16-9-11-18(12-10-16)15-37-29-22(31)13-19(14-23(29)35-3)25-24(30(34)36-4)17(2)32-27-20-7-5-6-8-21(20)28(33)26(25)27/h5-14,25,32H,15H2,1-4H3/t25-/m1/s1. The number of aryl methyl sites for hydroxylation is 1. The van der Waals surface area contributed by atoms with Crippen molar-refractivity contribution in [2.24, 2.45) is 0 Å². The van der Waals surface area contributed by atoms with Gasteiger partial charge in [0, 0.05) is 28.3 Å². The van der Waals surface area contributed by atoms with Gasteiger partial charge in [-0.2, -0.15) is 0 Å². The summed E-state index contributed by atoms with van der Waals surface area (Å²) in [6.45, 7) is 4.22. The number of methoxy groups -OCH3 is 2. The van der Waals surface area contributed by atoms with Crippen LogP contribution in [0.3, 0.4) is 0 Å². The maximum atomic E-state index is 13.6. The first kappa shape index (κ1) is 24.8. The van der Waals surface area contributed by atoms with Crippen LogP contribution in [0.4, 0.5) is 0 Å². The Morgan fingerprint density at radius 3 is 2.38 bits per heavy atom. The summed E-state index contributed by atoms with van der Waals surface area (Å²) in [6, 6.07) is 19.3. The zero-order valence-electron chi connectivity index (χ0n) is 21.0. The summed E-state index contributed by atoms with van der Waals surface area (Å²) >= 11 is 3.64. The molecule has 0 saturated heterocycles. The van der Waals surface area contributed by atoms with Crippen molar-refractivity contribution in [1.82, 2.24) is 5.32 Å². The molecular weight excluding hydrogens is 534 g/mol. The van der Waals surface area contributed by atoms with Gasteiger partial charge in [-0.3, -0.25) is 4.79 Å². The number of dihydropyridines is 1. The lowest BCUT2D eigenvalue weighted by Gasteiger charge is -2.29. The molecule has 1 atom stereocenters. The Morgan fingerprint density at radius 1 is 1.00 bits per heavy atom. The van der Waals surface area contributed by atoms with Crippen molar-refractivity contribution in [3.63, 3.8) is 0 Å². The van der Waals surface area contributed by atoms with E-state index in [2.05, 4.69) is 21.2 Å². The van der Waals surface area contributed by atoms with Crippen molar-refractivity contribution < 1.29 is 23.8 Å². The quantitative estimate of drug-likeness (QED) is 0.368. The van der Waals surface area contributed by atoms with Gasteiger partial charge in [-0.15, -0.1) is 0 Å². The van der Waals surface area contributed by atoms with E-state index >= 15 is 0 Å². The second-order valence-electron chi connectivity index (χ2n) is 9.06. The van der Waals surface area contributed by atoms with Gasteiger partial charge in [0.1, 0.15) is 6.61 Å². The molecule has 1 heterocycles. The molecule has 5 rings (SSSR count). The fourth-order valence-electron chi connectivity index (χ4n) is 4.93. The summed E-state index contributed by atoms with van der Waals surface area (Å²) in [4.78, 5) is 26.6. The number of allylic oxidation sites excluding steroid dienone is 2. The summed E-state index contributed by atoms with van der Waals surface area (Å²) < 4.78 is 17.6. The monoisotopic (exact) mass is 559 g/mol. The fourth-order valence-corrected chi connectivity index (χ4v) is 5.50. The van der Waals surface area contributed by atoms with Gasteiger partial charge in [0.2, 0.25) is 0 Å². The van der Waals surface area contributed by atoms with Crippen molar-refractivity contribution in [3.05, 3.63) is 110 Å². The number of hydrogen-bond donors (Lipinski definition) is 1. The van der Waals surface area contributed by atoms with Gasteiger partial charge in [-0.25, -0.2) is 4.79 Å². The van der Waals surface area contributed by atoms with E-state index in [1.165, 1.54) is 12.7 Å². The molecule has 188 valence electrons. The van der Waals surface area contributed by atoms with E-state index < -0.39 is 11.9 Å². The van der Waals surface area contributed by atoms with Crippen molar-refractivity contribution in [2.75, 3.05) is 14.2 Å². The summed E-state index contributed by atoms with van der Waals surface area (Å²) in [5.41, 5.74) is 6.57. The van der Waals surface area contributed by atoms with Crippen molar-refractivity contribution >= 4 is 33.4 Å². The molecule has 3 aromatic rings. The summed E-state index contributed by atoms with van der Waals surface area (Å²) in [6.07, 6.45) is 0. The molecule has 0 radical (unpaired) electrons. The van der Waals surface area contributed by atoms with E-state index in [4.69, 9.17) is 14.2 Å². The van der Waals surface area contributed by atoms with E-state index in [1.807, 2.05) is 68.4 Å². The molecular formula is C30H26BrNO5. The Morgan fingerprint density at radius 2 is 1.70 bits per heavy atom. The number of nitrogens with one attached hydrogen (secondary N) is 1. The number of esters is 1. The lowest BCUT2D eigenvalue weighted by atomic mass is 9.79. The molecule has 7 heteroatoms.